The summed E-state index contributed by atoms with van der Waals surface area (Å²) in [5, 5.41) is 3.10. The molecule has 0 spiro atoms. The molecule has 2 unspecified atom stereocenters. The number of rotatable bonds is 2. The highest BCUT2D eigenvalue weighted by molar-refractivity contribution is 5.91. The number of pyridine rings is 1. The molecule has 2 aliphatic rings. The molecule has 2 fully saturated rings. The maximum Gasteiger partial charge on any atom is 0.322 e. The van der Waals surface area contributed by atoms with Gasteiger partial charge in [-0.3, -0.25) is 4.98 Å². The Labute approximate surface area is 142 Å². The highest BCUT2D eigenvalue weighted by Crippen LogP contribution is 2.38. The first-order valence-electron chi connectivity index (χ1n) is 8.74. The van der Waals surface area contributed by atoms with E-state index in [0.717, 1.165) is 29.7 Å². The first-order valence-corrected chi connectivity index (χ1v) is 8.74. The number of hydrogen-bond donors (Lipinski definition) is 1. The van der Waals surface area contributed by atoms with Crippen molar-refractivity contribution in [3.05, 3.63) is 47.8 Å². The highest BCUT2D eigenvalue weighted by Gasteiger charge is 2.44. The Balaban J connectivity index is 1.57. The van der Waals surface area contributed by atoms with Crippen molar-refractivity contribution in [3.8, 4) is 11.1 Å². The van der Waals surface area contributed by atoms with Crippen molar-refractivity contribution < 1.29 is 4.79 Å². The number of aryl methyl sites for hydroxylation is 2. The van der Waals surface area contributed by atoms with Crippen LogP contribution in [0, 0.1) is 13.8 Å². The standard InChI is InChI=1S/C20H23N3O/c1-13-6-7-15(10-18(13)19-12-21-9-8-14(19)2)22-20(24)23-16-4-3-5-17(23)11-16/h6-10,12,16-17H,3-5,11H2,1-2H3,(H,22,24). The van der Waals surface area contributed by atoms with E-state index >= 15 is 0 Å². The second kappa shape index (κ2) is 5.93. The summed E-state index contributed by atoms with van der Waals surface area (Å²) in [4.78, 5) is 18.9. The van der Waals surface area contributed by atoms with E-state index in [2.05, 4.69) is 36.3 Å². The Morgan fingerprint density at radius 3 is 2.58 bits per heavy atom. The lowest BCUT2D eigenvalue weighted by Gasteiger charge is -2.52. The summed E-state index contributed by atoms with van der Waals surface area (Å²) in [5.74, 6) is 0. The van der Waals surface area contributed by atoms with Crippen LogP contribution >= 0.6 is 0 Å². The zero-order valence-corrected chi connectivity index (χ0v) is 14.2. The number of aromatic nitrogens is 1. The lowest BCUT2D eigenvalue weighted by atomic mass is 9.80. The molecule has 1 aromatic carbocycles. The fourth-order valence-electron chi connectivity index (χ4n) is 4.06. The summed E-state index contributed by atoms with van der Waals surface area (Å²) >= 11 is 0. The van der Waals surface area contributed by atoms with Crippen LogP contribution < -0.4 is 5.32 Å². The summed E-state index contributed by atoms with van der Waals surface area (Å²) < 4.78 is 0. The minimum Gasteiger partial charge on any atom is -0.318 e. The van der Waals surface area contributed by atoms with Crippen molar-refractivity contribution in [3.63, 3.8) is 0 Å². The summed E-state index contributed by atoms with van der Waals surface area (Å²) in [6.45, 7) is 4.18. The molecule has 4 heteroatoms. The van der Waals surface area contributed by atoms with E-state index in [1.807, 2.05) is 29.4 Å². The quantitative estimate of drug-likeness (QED) is 0.883. The van der Waals surface area contributed by atoms with Gasteiger partial charge in [0.05, 0.1) is 0 Å². The summed E-state index contributed by atoms with van der Waals surface area (Å²) in [6.07, 6.45) is 8.44. The molecule has 1 aromatic heterocycles. The first-order chi connectivity index (χ1) is 11.6. The molecule has 2 atom stereocenters. The smallest absolute Gasteiger partial charge is 0.318 e. The number of piperidine rings is 1. The molecule has 1 N–H and O–H groups in total. The number of urea groups is 1. The van der Waals surface area contributed by atoms with Crippen molar-refractivity contribution in [1.29, 1.82) is 0 Å². The zero-order chi connectivity index (χ0) is 16.7. The molecule has 0 aliphatic carbocycles. The van der Waals surface area contributed by atoms with Crippen molar-refractivity contribution in [1.82, 2.24) is 9.88 Å². The molecule has 4 nitrogen and oxygen atoms in total. The molecular formula is C20H23N3O. The van der Waals surface area contributed by atoms with Crippen molar-refractivity contribution in [2.24, 2.45) is 0 Å². The van der Waals surface area contributed by atoms with Gasteiger partial charge < -0.3 is 10.2 Å². The van der Waals surface area contributed by atoms with E-state index in [9.17, 15) is 4.79 Å². The largest absolute Gasteiger partial charge is 0.322 e. The maximum absolute atomic E-state index is 12.6. The van der Waals surface area contributed by atoms with E-state index in [1.165, 1.54) is 24.0 Å². The fourth-order valence-corrected chi connectivity index (χ4v) is 4.06. The second-order valence-electron chi connectivity index (χ2n) is 7.03. The normalized spacial score (nSPS) is 22.0. The summed E-state index contributed by atoms with van der Waals surface area (Å²) in [7, 11) is 0. The Kier molecular flexibility index (Phi) is 3.75. The third-order valence-electron chi connectivity index (χ3n) is 5.46. The van der Waals surface area contributed by atoms with Crippen LogP contribution in [-0.2, 0) is 0 Å². The minimum absolute atomic E-state index is 0.0497. The first kappa shape index (κ1) is 15.2. The van der Waals surface area contributed by atoms with Gasteiger partial charge >= 0.3 is 6.03 Å². The number of amides is 2. The molecular weight excluding hydrogens is 298 g/mol. The predicted molar refractivity (Wildman–Crippen MR) is 96.0 cm³/mol. The van der Waals surface area contributed by atoms with E-state index in [-0.39, 0.29) is 6.03 Å². The number of carbonyl (C=O) groups is 1. The van der Waals surface area contributed by atoms with Gasteiger partial charge in [0.2, 0.25) is 0 Å². The molecule has 2 bridgehead atoms. The zero-order valence-electron chi connectivity index (χ0n) is 14.2. The van der Waals surface area contributed by atoms with E-state index < -0.39 is 0 Å². The molecule has 2 aromatic rings. The minimum atomic E-state index is 0.0497. The van der Waals surface area contributed by atoms with Crippen molar-refractivity contribution >= 4 is 11.7 Å². The van der Waals surface area contributed by atoms with Gasteiger partial charge in [0.15, 0.2) is 0 Å². The van der Waals surface area contributed by atoms with E-state index in [4.69, 9.17) is 0 Å². The molecule has 124 valence electrons. The summed E-state index contributed by atoms with van der Waals surface area (Å²) in [5.41, 5.74) is 5.47. The van der Waals surface area contributed by atoms with Crippen LogP contribution in [0.2, 0.25) is 0 Å². The maximum atomic E-state index is 12.6. The van der Waals surface area contributed by atoms with E-state index in [0.29, 0.717) is 12.1 Å². The Morgan fingerprint density at radius 2 is 1.88 bits per heavy atom. The van der Waals surface area contributed by atoms with Gasteiger partial charge in [0.25, 0.3) is 0 Å². The molecule has 3 heterocycles. The SMILES string of the molecule is Cc1ccncc1-c1cc(NC(=O)N2C3CCCC2C3)ccc1C. The van der Waals surface area contributed by atoms with Crippen LogP contribution in [0.25, 0.3) is 11.1 Å². The van der Waals surface area contributed by atoms with Crippen molar-refractivity contribution in [2.45, 2.75) is 51.6 Å². The average Bonchev–Trinajstić information content (AvgIpc) is 2.58. The molecule has 2 saturated heterocycles. The predicted octanol–water partition coefficient (Wildman–Crippen LogP) is 4.52. The van der Waals surface area contributed by atoms with Gasteiger partial charge in [0.1, 0.15) is 0 Å². The van der Waals surface area contributed by atoms with E-state index in [1.54, 1.807) is 0 Å². The summed E-state index contributed by atoms with van der Waals surface area (Å²) in [6, 6.07) is 9.08. The molecule has 2 amide bonds. The molecule has 24 heavy (non-hydrogen) atoms. The average molecular weight is 321 g/mol. The number of nitrogens with zero attached hydrogens (tertiary/aromatic N) is 2. The van der Waals surface area contributed by atoms with Gasteiger partial charge in [-0.25, -0.2) is 4.79 Å². The monoisotopic (exact) mass is 321 g/mol. The van der Waals surface area contributed by atoms with Crippen LogP contribution in [0.3, 0.4) is 0 Å². The lowest BCUT2D eigenvalue weighted by molar-refractivity contribution is 0.0173. The number of nitrogens with one attached hydrogen (secondary N) is 1. The topological polar surface area (TPSA) is 45.2 Å². The number of carbonyl (C=O) groups excluding carboxylic acids is 1. The molecule has 0 saturated carbocycles. The molecule has 0 radical (unpaired) electrons. The Bertz CT molecular complexity index is 772. The van der Waals surface area contributed by atoms with Crippen LogP contribution in [0.15, 0.2) is 36.7 Å². The van der Waals surface area contributed by atoms with Gasteiger partial charge in [-0.2, -0.15) is 0 Å². The third-order valence-corrected chi connectivity index (χ3v) is 5.46. The second-order valence-corrected chi connectivity index (χ2v) is 7.03. The fraction of sp³-hybridized carbons (Fsp3) is 0.400. The van der Waals surface area contributed by atoms with Gasteiger partial charge in [-0.05, 0) is 74.4 Å². The van der Waals surface area contributed by atoms with Crippen molar-refractivity contribution in [2.75, 3.05) is 5.32 Å². The van der Waals surface area contributed by atoms with Gasteiger partial charge in [-0.1, -0.05) is 6.07 Å². The lowest BCUT2D eigenvalue weighted by Crippen LogP contribution is -2.62. The van der Waals surface area contributed by atoms with Gasteiger partial charge in [-0.15, -0.1) is 0 Å². The van der Waals surface area contributed by atoms with Gasteiger partial charge in [0, 0.05) is 35.7 Å². The van der Waals surface area contributed by atoms with Crippen LogP contribution in [0.4, 0.5) is 10.5 Å². The van der Waals surface area contributed by atoms with Crippen LogP contribution in [0.1, 0.15) is 36.8 Å². The van der Waals surface area contributed by atoms with Crippen LogP contribution in [-0.4, -0.2) is 28.0 Å². The third kappa shape index (κ3) is 2.56. The Morgan fingerprint density at radius 1 is 1.12 bits per heavy atom. The Hall–Kier alpha value is -2.36. The highest BCUT2D eigenvalue weighted by atomic mass is 16.2. The van der Waals surface area contributed by atoms with Crippen LogP contribution in [0.5, 0.6) is 0 Å². The number of hydrogen-bond acceptors (Lipinski definition) is 2. The number of fused-ring (bicyclic) bond motifs is 2. The number of benzene rings is 1. The molecule has 4 rings (SSSR count). The molecule has 2 aliphatic heterocycles. The number of anilines is 1.